The van der Waals surface area contributed by atoms with Crippen LogP contribution >= 0.6 is 0 Å². The van der Waals surface area contributed by atoms with E-state index in [9.17, 15) is 9.59 Å². The van der Waals surface area contributed by atoms with Crippen molar-refractivity contribution >= 4 is 5.91 Å². The number of likely N-dealkylation sites (tertiary alicyclic amines) is 1. The number of aromatic nitrogens is 4. The highest BCUT2D eigenvalue weighted by atomic mass is 16.5. The molecule has 1 atom stereocenters. The number of rotatable bonds is 4. The molecule has 1 fully saturated rings. The van der Waals surface area contributed by atoms with Crippen molar-refractivity contribution < 1.29 is 9.53 Å². The van der Waals surface area contributed by atoms with Crippen LogP contribution in [0.4, 0.5) is 0 Å². The van der Waals surface area contributed by atoms with Gasteiger partial charge in [-0.2, -0.15) is 5.10 Å². The maximum Gasteiger partial charge on any atom is 0.254 e. The highest BCUT2D eigenvalue weighted by Crippen LogP contribution is 2.18. The number of ether oxygens (including phenoxy) is 1. The van der Waals surface area contributed by atoms with Gasteiger partial charge in [0.2, 0.25) is 5.91 Å². The molecule has 8 nitrogen and oxygen atoms in total. The minimum atomic E-state index is -0.0999. The Bertz CT molecular complexity index is 753. The summed E-state index contributed by atoms with van der Waals surface area (Å²) >= 11 is 0. The summed E-state index contributed by atoms with van der Waals surface area (Å²) in [6.45, 7) is 3.19. The van der Waals surface area contributed by atoms with Crippen molar-refractivity contribution in [2.75, 3.05) is 13.1 Å². The monoisotopic (exact) mass is 317 g/mol. The van der Waals surface area contributed by atoms with Crippen LogP contribution in [-0.2, 0) is 18.4 Å². The van der Waals surface area contributed by atoms with E-state index in [-0.39, 0.29) is 24.1 Å². The number of pyridine rings is 1. The first kappa shape index (κ1) is 15.3. The van der Waals surface area contributed by atoms with Gasteiger partial charge in [0.25, 0.3) is 5.56 Å². The molecule has 3 heterocycles. The molecule has 1 aliphatic heterocycles. The average Bonchev–Trinajstić information content (AvgIpc) is 3.16. The van der Waals surface area contributed by atoms with Crippen LogP contribution < -0.4 is 10.3 Å². The van der Waals surface area contributed by atoms with Crippen LogP contribution in [-0.4, -0.2) is 49.3 Å². The van der Waals surface area contributed by atoms with Crippen LogP contribution in [0.2, 0.25) is 0 Å². The summed E-state index contributed by atoms with van der Waals surface area (Å²) in [7, 11) is 1.72. The maximum absolute atomic E-state index is 12.2. The normalized spacial score (nSPS) is 17.5. The van der Waals surface area contributed by atoms with Crippen molar-refractivity contribution in [3.8, 4) is 5.75 Å². The largest absolute Gasteiger partial charge is 0.488 e. The van der Waals surface area contributed by atoms with Crippen molar-refractivity contribution in [1.29, 1.82) is 0 Å². The van der Waals surface area contributed by atoms with Crippen molar-refractivity contribution in [2.24, 2.45) is 7.05 Å². The number of hydrogen-bond donors (Lipinski definition) is 0. The third-order valence-electron chi connectivity index (χ3n) is 4.04. The molecule has 2 aromatic heterocycles. The van der Waals surface area contributed by atoms with Gasteiger partial charge >= 0.3 is 0 Å². The predicted molar refractivity (Wildman–Crippen MR) is 82.1 cm³/mol. The summed E-state index contributed by atoms with van der Waals surface area (Å²) in [5.74, 6) is 0.544. The minimum Gasteiger partial charge on any atom is -0.488 e. The van der Waals surface area contributed by atoms with Crippen molar-refractivity contribution in [3.63, 3.8) is 0 Å². The van der Waals surface area contributed by atoms with Crippen LogP contribution in [0.25, 0.3) is 0 Å². The Morgan fingerprint density at radius 3 is 2.96 bits per heavy atom. The molecule has 0 saturated carbocycles. The van der Waals surface area contributed by atoms with E-state index in [1.807, 2.05) is 13.0 Å². The van der Waals surface area contributed by atoms with Gasteiger partial charge in [0.15, 0.2) is 0 Å². The molecular formula is C15H19N5O3. The number of carbonyl (C=O) groups excluding carboxylic acids is 1. The van der Waals surface area contributed by atoms with E-state index < -0.39 is 0 Å². The van der Waals surface area contributed by atoms with Gasteiger partial charge in [-0.3, -0.25) is 9.59 Å². The minimum absolute atomic E-state index is 0.0123. The third kappa shape index (κ3) is 3.41. The van der Waals surface area contributed by atoms with E-state index in [0.717, 1.165) is 12.1 Å². The Morgan fingerprint density at radius 1 is 1.43 bits per heavy atom. The van der Waals surface area contributed by atoms with Crippen LogP contribution in [0, 0.1) is 6.92 Å². The topological polar surface area (TPSA) is 82.2 Å². The number of nitrogens with zero attached hydrogens (tertiary/aromatic N) is 5. The summed E-state index contributed by atoms with van der Waals surface area (Å²) in [5, 5.41) is 3.93. The smallest absolute Gasteiger partial charge is 0.254 e. The molecule has 0 radical (unpaired) electrons. The van der Waals surface area contributed by atoms with Gasteiger partial charge in [-0.05, 0) is 13.0 Å². The number of aryl methyl sites for hydroxylation is 1. The van der Waals surface area contributed by atoms with Gasteiger partial charge in [-0.1, -0.05) is 0 Å². The molecule has 0 N–H and O–H groups in total. The van der Waals surface area contributed by atoms with Crippen LogP contribution in [0.5, 0.6) is 5.75 Å². The first-order valence-electron chi connectivity index (χ1n) is 7.47. The fraction of sp³-hybridized carbons (Fsp3) is 0.467. The zero-order valence-corrected chi connectivity index (χ0v) is 13.2. The molecule has 0 aliphatic carbocycles. The van der Waals surface area contributed by atoms with E-state index in [1.54, 1.807) is 16.5 Å². The van der Waals surface area contributed by atoms with Gasteiger partial charge in [-0.15, -0.1) is 0 Å². The molecule has 0 spiro atoms. The molecule has 0 aromatic carbocycles. The number of carbonyl (C=O) groups is 1. The Morgan fingerprint density at radius 2 is 2.26 bits per heavy atom. The van der Waals surface area contributed by atoms with Gasteiger partial charge in [-0.25, -0.2) is 9.67 Å². The van der Waals surface area contributed by atoms with E-state index in [1.165, 1.54) is 23.4 Å². The molecule has 122 valence electrons. The van der Waals surface area contributed by atoms with Crippen LogP contribution in [0.1, 0.15) is 12.1 Å². The Kier molecular flexibility index (Phi) is 4.14. The lowest BCUT2D eigenvalue weighted by atomic mass is 10.3. The van der Waals surface area contributed by atoms with Crippen molar-refractivity contribution in [1.82, 2.24) is 24.2 Å². The Balaban J connectivity index is 1.59. The molecule has 2 aromatic rings. The molecule has 1 unspecified atom stereocenters. The first-order chi connectivity index (χ1) is 11.0. The third-order valence-corrected chi connectivity index (χ3v) is 4.04. The molecule has 0 bridgehead atoms. The molecule has 23 heavy (non-hydrogen) atoms. The van der Waals surface area contributed by atoms with E-state index in [2.05, 4.69) is 10.1 Å². The highest BCUT2D eigenvalue weighted by molar-refractivity contribution is 5.76. The fourth-order valence-electron chi connectivity index (χ4n) is 2.60. The Hall–Kier alpha value is -2.64. The second-order valence-electron chi connectivity index (χ2n) is 5.69. The fourth-order valence-corrected chi connectivity index (χ4v) is 2.60. The lowest BCUT2D eigenvalue weighted by Crippen LogP contribution is -2.33. The van der Waals surface area contributed by atoms with Gasteiger partial charge in [0.1, 0.15) is 31.1 Å². The lowest BCUT2D eigenvalue weighted by molar-refractivity contribution is -0.131. The quantitative estimate of drug-likeness (QED) is 0.790. The maximum atomic E-state index is 12.2. The number of hydrogen-bond acceptors (Lipinski definition) is 5. The molecule has 8 heteroatoms. The number of amides is 1. The van der Waals surface area contributed by atoms with Gasteiger partial charge < -0.3 is 14.2 Å². The zero-order valence-electron chi connectivity index (χ0n) is 13.2. The van der Waals surface area contributed by atoms with E-state index in [4.69, 9.17) is 4.74 Å². The summed E-state index contributed by atoms with van der Waals surface area (Å²) in [6.07, 6.45) is 3.57. The van der Waals surface area contributed by atoms with Crippen molar-refractivity contribution in [2.45, 2.75) is 26.0 Å². The van der Waals surface area contributed by atoms with Gasteiger partial charge in [0, 0.05) is 31.8 Å². The second kappa shape index (κ2) is 6.23. The van der Waals surface area contributed by atoms with E-state index >= 15 is 0 Å². The summed E-state index contributed by atoms with van der Waals surface area (Å²) in [6, 6.07) is 3.31. The molecular weight excluding hydrogens is 298 g/mol. The first-order valence-corrected chi connectivity index (χ1v) is 7.47. The zero-order chi connectivity index (χ0) is 16.4. The SMILES string of the molecule is Cc1cc(OC2CCN(C(=O)Cn3cncn3)C2)cc(=O)n1C. The van der Waals surface area contributed by atoms with Crippen LogP contribution in [0.15, 0.2) is 29.6 Å². The molecule has 1 amide bonds. The summed E-state index contributed by atoms with van der Waals surface area (Å²) in [5.41, 5.74) is 0.738. The van der Waals surface area contributed by atoms with E-state index in [0.29, 0.717) is 18.8 Å². The summed E-state index contributed by atoms with van der Waals surface area (Å²) in [4.78, 5) is 29.6. The second-order valence-corrected chi connectivity index (χ2v) is 5.69. The van der Waals surface area contributed by atoms with Gasteiger partial charge in [0.05, 0.1) is 6.54 Å². The average molecular weight is 317 g/mol. The summed E-state index contributed by atoms with van der Waals surface area (Å²) < 4.78 is 8.93. The standard InChI is InChI=1S/C15H19N5O3/c1-11-5-13(6-14(21)18(11)2)23-12-3-4-19(7-12)15(22)8-20-10-16-9-17-20/h5-6,9-10,12H,3-4,7-8H2,1-2H3. The molecule has 3 rings (SSSR count). The molecule has 1 aliphatic rings. The highest BCUT2D eigenvalue weighted by Gasteiger charge is 2.27. The van der Waals surface area contributed by atoms with Crippen LogP contribution in [0.3, 0.4) is 0 Å². The van der Waals surface area contributed by atoms with Crippen molar-refractivity contribution in [3.05, 3.63) is 40.8 Å². The Labute approximate surface area is 133 Å². The lowest BCUT2D eigenvalue weighted by Gasteiger charge is -2.17. The predicted octanol–water partition coefficient (Wildman–Crippen LogP) is -0.0349. The molecule has 1 saturated heterocycles.